The number of rotatable bonds is 8. The lowest BCUT2D eigenvalue weighted by Crippen LogP contribution is -2.56. The van der Waals surface area contributed by atoms with Gasteiger partial charge in [0.05, 0.1) is 0 Å². The molecule has 29 heavy (non-hydrogen) atoms. The van der Waals surface area contributed by atoms with Gasteiger partial charge in [-0.1, -0.05) is 49.2 Å². The Kier molecular flexibility index (Phi) is 8.13. The Morgan fingerprint density at radius 2 is 1.93 bits per heavy atom. The van der Waals surface area contributed by atoms with Crippen LogP contribution in [0.1, 0.15) is 57.1 Å². The molecule has 0 spiro atoms. The zero-order chi connectivity index (χ0) is 20.5. The Morgan fingerprint density at radius 3 is 2.55 bits per heavy atom. The van der Waals surface area contributed by atoms with Gasteiger partial charge in [-0.25, -0.2) is 0 Å². The van der Waals surface area contributed by atoms with Crippen LogP contribution in [-0.4, -0.2) is 55.7 Å². The summed E-state index contributed by atoms with van der Waals surface area (Å²) in [6.45, 7) is 10.3. The highest BCUT2D eigenvalue weighted by molar-refractivity contribution is 5.80. The number of benzene rings is 1. The van der Waals surface area contributed by atoms with Gasteiger partial charge in [0.15, 0.2) is 5.96 Å². The number of aliphatic imine (C=N–C) groups is 1. The third kappa shape index (κ3) is 6.31. The van der Waals surface area contributed by atoms with E-state index in [9.17, 15) is 0 Å². The molecule has 2 aliphatic rings. The van der Waals surface area contributed by atoms with Crippen LogP contribution in [0.25, 0.3) is 0 Å². The summed E-state index contributed by atoms with van der Waals surface area (Å²) in [7, 11) is 1.88. The first kappa shape index (κ1) is 21.8. The molecule has 1 aromatic carbocycles. The largest absolute Gasteiger partial charge is 0.355 e. The standard InChI is InChI=1S/C24H39N5/c1-4-16-29-17-12-22(13-18-29)27-23(25-3)26-19-24(14-8-9-15-24)28-20(2)21-10-6-5-7-11-21/h4-7,10-11,20,22,28H,1,8-9,12-19H2,2-3H3,(H2,25,26,27). The van der Waals surface area contributed by atoms with Gasteiger partial charge in [-0.15, -0.1) is 6.58 Å². The first-order valence-corrected chi connectivity index (χ1v) is 11.3. The van der Waals surface area contributed by atoms with Crippen LogP contribution in [-0.2, 0) is 0 Å². The number of nitrogens with zero attached hydrogens (tertiary/aromatic N) is 2. The maximum Gasteiger partial charge on any atom is 0.191 e. The molecule has 1 aliphatic heterocycles. The van der Waals surface area contributed by atoms with E-state index in [4.69, 9.17) is 0 Å². The Balaban J connectivity index is 1.52. The Bertz CT molecular complexity index is 642. The number of hydrogen-bond acceptors (Lipinski definition) is 3. The Labute approximate surface area is 177 Å². The number of piperidine rings is 1. The molecular weight excluding hydrogens is 358 g/mol. The Morgan fingerprint density at radius 1 is 1.24 bits per heavy atom. The molecule has 1 aliphatic carbocycles. The minimum absolute atomic E-state index is 0.139. The van der Waals surface area contributed by atoms with E-state index in [1.54, 1.807) is 0 Å². The molecule has 0 aromatic heterocycles. The lowest BCUT2D eigenvalue weighted by molar-refractivity contribution is 0.224. The fourth-order valence-corrected chi connectivity index (χ4v) is 4.79. The third-order valence-corrected chi connectivity index (χ3v) is 6.52. The van der Waals surface area contributed by atoms with Crippen molar-refractivity contribution in [3.8, 4) is 0 Å². The van der Waals surface area contributed by atoms with Gasteiger partial charge >= 0.3 is 0 Å². The summed E-state index contributed by atoms with van der Waals surface area (Å²) in [5, 5.41) is 11.2. The topological polar surface area (TPSA) is 51.7 Å². The second-order valence-corrected chi connectivity index (χ2v) is 8.70. The number of guanidine groups is 1. The van der Waals surface area contributed by atoms with Crippen molar-refractivity contribution >= 4 is 5.96 Å². The number of hydrogen-bond donors (Lipinski definition) is 3. The van der Waals surface area contributed by atoms with Crippen molar-refractivity contribution in [2.45, 2.75) is 63.1 Å². The van der Waals surface area contributed by atoms with Gasteiger partial charge in [0, 0.05) is 50.8 Å². The van der Waals surface area contributed by atoms with E-state index in [1.807, 2.05) is 13.1 Å². The molecule has 3 N–H and O–H groups in total. The smallest absolute Gasteiger partial charge is 0.191 e. The molecule has 3 rings (SSSR count). The lowest BCUT2D eigenvalue weighted by Gasteiger charge is -2.36. The van der Waals surface area contributed by atoms with Crippen molar-refractivity contribution in [3.63, 3.8) is 0 Å². The van der Waals surface area contributed by atoms with Crippen molar-refractivity contribution in [1.29, 1.82) is 0 Å². The highest BCUT2D eigenvalue weighted by Crippen LogP contribution is 2.31. The summed E-state index contributed by atoms with van der Waals surface area (Å²) in [6, 6.07) is 11.6. The molecule has 0 amide bonds. The maximum atomic E-state index is 4.50. The predicted molar refractivity (Wildman–Crippen MR) is 123 cm³/mol. The molecule has 1 saturated heterocycles. The summed E-state index contributed by atoms with van der Waals surface area (Å²) in [4.78, 5) is 6.97. The molecule has 160 valence electrons. The summed E-state index contributed by atoms with van der Waals surface area (Å²) >= 11 is 0. The van der Waals surface area contributed by atoms with E-state index in [-0.39, 0.29) is 5.54 Å². The van der Waals surface area contributed by atoms with Crippen molar-refractivity contribution in [1.82, 2.24) is 20.9 Å². The molecule has 5 heteroatoms. The van der Waals surface area contributed by atoms with E-state index in [2.05, 4.69) is 69.7 Å². The lowest BCUT2D eigenvalue weighted by atomic mass is 9.94. The minimum atomic E-state index is 0.139. The first-order chi connectivity index (χ1) is 14.1. The van der Waals surface area contributed by atoms with Gasteiger partial charge in [-0.3, -0.25) is 9.89 Å². The van der Waals surface area contributed by atoms with Crippen molar-refractivity contribution in [2.75, 3.05) is 33.2 Å². The molecule has 1 saturated carbocycles. The van der Waals surface area contributed by atoms with E-state index < -0.39 is 0 Å². The van der Waals surface area contributed by atoms with Crippen molar-refractivity contribution < 1.29 is 0 Å². The van der Waals surface area contributed by atoms with Crippen LogP contribution in [0, 0.1) is 0 Å². The van der Waals surface area contributed by atoms with Gasteiger partial charge in [-0.2, -0.15) is 0 Å². The van der Waals surface area contributed by atoms with Gasteiger partial charge in [-0.05, 0) is 38.2 Å². The van der Waals surface area contributed by atoms with Gasteiger partial charge in [0.2, 0.25) is 0 Å². The molecule has 1 unspecified atom stereocenters. The molecule has 0 radical (unpaired) electrons. The average molecular weight is 398 g/mol. The molecule has 2 fully saturated rings. The summed E-state index contributed by atoms with van der Waals surface area (Å²) < 4.78 is 0. The fraction of sp³-hybridized carbons (Fsp3) is 0.625. The Hall–Kier alpha value is -1.85. The van der Waals surface area contributed by atoms with Crippen LogP contribution in [0.15, 0.2) is 48.0 Å². The molecular formula is C24H39N5. The highest BCUT2D eigenvalue weighted by Gasteiger charge is 2.35. The zero-order valence-corrected chi connectivity index (χ0v) is 18.3. The average Bonchev–Trinajstić information content (AvgIpc) is 3.21. The highest BCUT2D eigenvalue weighted by atomic mass is 15.2. The number of nitrogens with one attached hydrogen (secondary N) is 3. The minimum Gasteiger partial charge on any atom is -0.355 e. The SMILES string of the molecule is C=CCN1CCC(NC(=NC)NCC2(NC(C)c3ccccc3)CCCC2)CC1. The number of likely N-dealkylation sites (tertiary alicyclic amines) is 1. The van der Waals surface area contributed by atoms with Crippen LogP contribution < -0.4 is 16.0 Å². The van der Waals surface area contributed by atoms with Crippen LogP contribution in [0.4, 0.5) is 0 Å². The predicted octanol–water partition coefficient (Wildman–Crippen LogP) is 3.47. The normalized spacial score (nSPS) is 21.7. The quantitative estimate of drug-likeness (QED) is 0.357. The van der Waals surface area contributed by atoms with E-state index in [0.29, 0.717) is 12.1 Å². The van der Waals surface area contributed by atoms with Crippen molar-refractivity contribution in [2.24, 2.45) is 4.99 Å². The van der Waals surface area contributed by atoms with Gasteiger partial charge < -0.3 is 16.0 Å². The molecule has 0 bridgehead atoms. The first-order valence-electron chi connectivity index (χ1n) is 11.3. The maximum absolute atomic E-state index is 4.50. The van der Waals surface area contributed by atoms with Crippen LogP contribution >= 0.6 is 0 Å². The van der Waals surface area contributed by atoms with E-state index in [1.165, 1.54) is 31.2 Å². The second kappa shape index (κ2) is 10.8. The second-order valence-electron chi connectivity index (χ2n) is 8.70. The molecule has 1 atom stereocenters. The zero-order valence-electron chi connectivity index (χ0n) is 18.3. The van der Waals surface area contributed by atoms with E-state index >= 15 is 0 Å². The van der Waals surface area contributed by atoms with Crippen LogP contribution in [0.2, 0.25) is 0 Å². The third-order valence-electron chi connectivity index (χ3n) is 6.52. The van der Waals surface area contributed by atoms with Crippen LogP contribution in [0.3, 0.4) is 0 Å². The van der Waals surface area contributed by atoms with Gasteiger partial charge in [0.1, 0.15) is 0 Å². The molecule has 1 heterocycles. The summed E-state index contributed by atoms with van der Waals surface area (Å²) in [5.41, 5.74) is 1.49. The molecule has 1 aromatic rings. The van der Waals surface area contributed by atoms with Crippen molar-refractivity contribution in [3.05, 3.63) is 48.6 Å². The molecule has 5 nitrogen and oxygen atoms in total. The van der Waals surface area contributed by atoms with Gasteiger partial charge in [0.25, 0.3) is 0 Å². The van der Waals surface area contributed by atoms with Crippen LogP contribution in [0.5, 0.6) is 0 Å². The fourth-order valence-electron chi connectivity index (χ4n) is 4.79. The summed E-state index contributed by atoms with van der Waals surface area (Å²) in [5.74, 6) is 0.938. The monoisotopic (exact) mass is 397 g/mol. The van der Waals surface area contributed by atoms with E-state index in [0.717, 1.165) is 45.0 Å². The summed E-state index contributed by atoms with van der Waals surface area (Å²) in [6.07, 6.45) is 9.33.